The number of rotatable bonds is 6. The van der Waals surface area contributed by atoms with Crippen LogP contribution < -0.4 is 16.8 Å². The average molecular weight is 147 g/mol. The second kappa shape index (κ2) is 6.95. The molecule has 0 aromatic rings. The number of nitrogens with one attached hydrogen (secondary N) is 1. The Bertz CT molecular complexity index is 70.0. The molecule has 4 nitrogen and oxygen atoms in total. The van der Waals surface area contributed by atoms with Crippen LogP contribution in [0.25, 0.3) is 0 Å². The van der Waals surface area contributed by atoms with Crippen LogP contribution in [0.5, 0.6) is 0 Å². The number of aliphatic hydroxyl groups is 1. The van der Waals surface area contributed by atoms with Crippen molar-refractivity contribution in [2.75, 3.05) is 26.2 Å². The SMILES string of the molecule is NCCCNCC(N)CO. The highest BCUT2D eigenvalue weighted by atomic mass is 16.3. The molecule has 0 amide bonds. The van der Waals surface area contributed by atoms with Gasteiger partial charge in [-0.25, -0.2) is 0 Å². The van der Waals surface area contributed by atoms with Crippen molar-refractivity contribution in [3.8, 4) is 0 Å². The van der Waals surface area contributed by atoms with Crippen molar-refractivity contribution in [2.24, 2.45) is 11.5 Å². The van der Waals surface area contributed by atoms with Crippen LogP contribution in [0.4, 0.5) is 0 Å². The lowest BCUT2D eigenvalue weighted by Gasteiger charge is -2.08. The van der Waals surface area contributed by atoms with Crippen molar-refractivity contribution in [3.63, 3.8) is 0 Å². The molecular weight excluding hydrogens is 130 g/mol. The van der Waals surface area contributed by atoms with Gasteiger partial charge < -0.3 is 21.9 Å². The van der Waals surface area contributed by atoms with Gasteiger partial charge in [-0.1, -0.05) is 0 Å². The molecule has 4 heteroatoms. The van der Waals surface area contributed by atoms with Crippen molar-refractivity contribution in [1.29, 1.82) is 0 Å². The molecule has 0 heterocycles. The van der Waals surface area contributed by atoms with Crippen LogP contribution in [0.2, 0.25) is 0 Å². The summed E-state index contributed by atoms with van der Waals surface area (Å²) in [7, 11) is 0. The Morgan fingerprint density at radius 2 is 2.20 bits per heavy atom. The molecule has 1 atom stereocenters. The van der Waals surface area contributed by atoms with Crippen LogP contribution in [-0.4, -0.2) is 37.4 Å². The fourth-order valence-electron chi connectivity index (χ4n) is 0.579. The lowest BCUT2D eigenvalue weighted by Crippen LogP contribution is -2.37. The molecule has 0 aliphatic carbocycles. The van der Waals surface area contributed by atoms with E-state index in [0.717, 1.165) is 13.0 Å². The number of nitrogens with two attached hydrogens (primary N) is 2. The normalized spacial score (nSPS) is 13.5. The molecule has 0 aromatic heterocycles. The van der Waals surface area contributed by atoms with Crippen LogP contribution in [0, 0.1) is 0 Å². The standard InChI is InChI=1S/C6H17N3O/c7-2-1-3-9-4-6(8)5-10/h6,9-10H,1-5,7-8H2. The number of hydrogen-bond acceptors (Lipinski definition) is 4. The Labute approximate surface area is 61.6 Å². The fraction of sp³-hybridized carbons (Fsp3) is 1.00. The molecule has 0 aliphatic heterocycles. The van der Waals surface area contributed by atoms with Crippen molar-refractivity contribution in [2.45, 2.75) is 12.5 Å². The quantitative estimate of drug-likeness (QED) is 0.335. The molecule has 10 heavy (non-hydrogen) atoms. The third-order valence-corrected chi connectivity index (χ3v) is 1.20. The first-order valence-electron chi connectivity index (χ1n) is 3.58. The molecule has 0 aliphatic rings. The minimum Gasteiger partial charge on any atom is -0.395 e. The third-order valence-electron chi connectivity index (χ3n) is 1.20. The van der Waals surface area contributed by atoms with E-state index in [2.05, 4.69) is 5.32 Å². The molecule has 0 fully saturated rings. The third kappa shape index (κ3) is 5.97. The van der Waals surface area contributed by atoms with E-state index in [0.29, 0.717) is 13.1 Å². The van der Waals surface area contributed by atoms with E-state index in [1.807, 2.05) is 0 Å². The van der Waals surface area contributed by atoms with E-state index >= 15 is 0 Å². The predicted molar refractivity (Wildman–Crippen MR) is 41.6 cm³/mol. The van der Waals surface area contributed by atoms with Crippen molar-refractivity contribution in [1.82, 2.24) is 5.32 Å². The van der Waals surface area contributed by atoms with Crippen molar-refractivity contribution >= 4 is 0 Å². The zero-order valence-corrected chi connectivity index (χ0v) is 6.21. The summed E-state index contributed by atoms with van der Waals surface area (Å²) >= 11 is 0. The maximum atomic E-state index is 8.50. The van der Waals surface area contributed by atoms with E-state index in [1.165, 1.54) is 0 Å². The highest BCUT2D eigenvalue weighted by Crippen LogP contribution is 1.73. The van der Waals surface area contributed by atoms with Crippen LogP contribution in [-0.2, 0) is 0 Å². The Morgan fingerprint density at radius 3 is 2.70 bits per heavy atom. The Kier molecular flexibility index (Phi) is 6.84. The van der Waals surface area contributed by atoms with Crippen LogP contribution in [0.1, 0.15) is 6.42 Å². The molecule has 62 valence electrons. The molecule has 0 spiro atoms. The van der Waals surface area contributed by atoms with Crippen LogP contribution in [0.15, 0.2) is 0 Å². The lowest BCUT2D eigenvalue weighted by atomic mass is 10.3. The van der Waals surface area contributed by atoms with Crippen LogP contribution >= 0.6 is 0 Å². The monoisotopic (exact) mass is 147 g/mol. The molecule has 0 aromatic carbocycles. The molecule has 1 unspecified atom stereocenters. The van der Waals surface area contributed by atoms with E-state index in [1.54, 1.807) is 0 Å². The topological polar surface area (TPSA) is 84.3 Å². The largest absolute Gasteiger partial charge is 0.395 e. The molecule has 0 saturated carbocycles. The lowest BCUT2D eigenvalue weighted by molar-refractivity contribution is 0.262. The number of aliphatic hydroxyl groups excluding tert-OH is 1. The van der Waals surface area contributed by atoms with Gasteiger partial charge in [-0.05, 0) is 19.5 Å². The van der Waals surface area contributed by atoms with Gasteiger partial charge in [-0.3, -0.25) is 0 Å². The summed E-state index contributed by atoms with van der Waals surface area (Å²) in [5.74, 6) is 0. The zero-order chi connectivity index (χ0) is 7.82. The smallest absolute Gasteiger partial charge is 0.0594 e. The van der Waals surface area contributed by atoms with Gasteiger partial charge in [-0.15, -0.1) is 0 Å². The summed E-state index contributed by atoms with van der Waals surface area (Å²) in [5.41, 5.74) is 10.7. The average Bonchev–Trinajstić information content (AvgIpc) is 1.98. The zero-order valence-electron chi connectivity index (χ0n) is 6.21. The molecule has 0 saturated heterocycles. The van der Waals surface area contributed by atoms with E-state index < -0.39 is 0 Å². The van der Waals surface area contributed by atoms with Gasteiger partial charge in [0.15, 0.2) is 0 Å². The summed E-state index contributed by atoms with van der Waals surface area (Å²) in [4.78, 5) is 0. The summed E-state index contributed by atoms with van der Waals surface area (Å²) in [5, 5.41) is 11.6. The van der Waals surface area contributed by atoms with E-state index in [4.69, 9.17) is 16.6 Å². The summed E-state index contributed by atoms with van der Waals surface area (Å²) < 4.78 is 0. The van der Waals surface area contributed by atoms with Crippen LogP contribution in [0.3, 0.4) is 0 Å². The van der Waals surface area contributed by atoms with Crippen molar-refractivity contribution in [3.05, 3.63) is 0 Å². The molecular formula is C6H17N3O. The van der Waals surface area contributed by atoms with Gasteiger partial charge in [0.1, 0.15) is 0 Å². The van der Waals surface area contributed by atoms with Gasteiger partial charge in [0.2, 0.25) is 0 Å². The highest BCUT2D eigenvalue weighted by molar-refractivity contribution is 4.61. The minimum atomic E-state index is -0.141. The molecule has 6 N–H and O–H groups in total. The van der Waals surface area contributed by atoms with Gasteiger partial charge >= 0.3 is 0 Å². The summed E-state index contributed by atoms with van der Waals surface area (Å²) in [6, 6.07) is -0.141. The molecule has 0 rings (SSSR count). The van der Waals surface area contributed by atoms with Gasteiger partial charge in [0.25, 0.3) is 0 Å². The summed E-state index contributed by atoms with van der Waals surface area (Å²) in [6.45, 7) is 2.28. The molecule has 0 bridgehead atoms. The Hall–Kier alpha value is -0.160. The highest BCUT2D eigenvalue weighted by Gasteiger charge is 1.96. The van der Waals surface area contributed by atoms with Gasteiger partial charge in [0, 0.05) is 12.6 Å². The predicted octanol–water partition coefficient (Wildman–Crippen LogP) is -1.76. The molecule has 0 radical (unpaired) electrons. The minimum absolute atomic E-state index is 0.0373. The Balaban J connectivity index is 2.89. The second-order valence-electron chi connectivity index (χ2n) is 2.29. The summed E-state index contributed by atoms with van der Waals surface area (Å²) in [6.07, 6.45) is 0.956. The van der Waals surface area contributed by atoms with Gasteiger partial charge in [0.05, 0.1) is 6.61 Å². The second-order valence-corrected chi connectivity index (χ2v) is 2.29. The van der Waals surface area contributed by atoms with E-state index in [9.17, 15) is 0 Å². The maximum absolute atomic E-state index is 8.50. The maximum Gasteiger partial charge on any atom is 0.0594 e. The first kappa shape index (κ1) is 9.84. The number of hydrogen-bond donors (Lipinski definition) is 4. The van der Waals surface area contributed by atoms with Crippen molar-refractivity contribution < 1.29 is 5.11 Å². The fourth-order valence-corrected chi connectivity index (χ4v) is 0.579. The van der Waals surface area contributed by atoms with E-state index in [-0.39, 0.29) is 12.6 Å². The first-order chi connectivity index (χ1) is 4.81. The van der Waals surface area contributed by atoms with Gasteiger partial charge in [-0.2, -0.15) is 0 Å². The Morgan fingerprint density at radius 1 is 1.50 bits per heavy atom. The first-order valence-corrected chi connectivity index (χ1v) is 3.58.